The monoisotopic (exact) mass is 166 g/mol. The molecule has 4 heteroatoms. The molecule has 0 aliphatic carbocycles. The van der Waals surface area contributed by atoms with Gasteiger partial charge in [0.15, 0.2) is 11.6 Å². The van der Waals surface area contributed by atoms with Crippen molar-refractivity contribution in [3.05, 3.63) is 24.8 Å². The van der Waals surface area contributed by atoms with E-state index in [0.717, 1.165) is 0 Å². The number of carbonyl (C=O) groups excluding carboxylic acids is 1. The van der Waals surface area contributed by atoms with Crippen molar-refractivity contribution in [2.24, 2.45) is 0 Å². The van der Waals surface area contributed by atoms with E-state index in [2.05, 4.69) is 14.7 Å². The maximum atomic E-state index is 11.2. The van der Waals surface area contributed by atoms with Crippen molar-refractivity contribution in [2.75, 3.05) is 0 Å². The summed E-state index contributed by atoms with van der Waals surface area (Å²) in [6, 6.07) is 0.0791. The van der Waals surface area contributed by atoms with Crippen molar-refractivity contribution in [1.82, 2.24) is 10.3 Å². The van der Waals surface area contributed by atoms with Crippen LogP contribution in [-0.4, -0.2) is 16.9 Å². The Labute approximate surface area is 71.0 Å². The van der Waals surface area contributed by atoms with Crippen LogP contribution in [0.3, 0.4) is 0 Å². The fraction of sp³-hybridized carbons (Fsp3) is 0.375. The fourth-order valence-corrected chi connectivity index (χ4v) is 0.728. The molecule has 0 spiro atoms. The minimum Gasteiger partial charge on any atom is -0.448 e. The second-order valence-electron chi connectivity index (χ2n) is 2.70. The van der Waals surface area contributed by atoms with Gasteiger partial charge in [-0.25, -0.2) is 4.98 Å². The molecule has 0 aromatic carbocycles. The maximum absolute atomic E-state index is 11.2. The highest BCUT2D eigenvalue weighted by Gasteiger charge is 2.10. The first-order valence-electron chi connectivity index (χ1n) is 3.61. The van der Waals surface area contributed by atoms with Crippen LogP contribution >= 0.6 is 0 Å². The van der Waals surface area contributed by atoms with Crippen molar-refractivity contribution in [3.63, 3.8) is 0 Å². The molecular formula is C8H10N2O2. The number of amides is 1. The van der Waals surface area contributed by atoms with Gasteiger partial charge in [0.1, 0.15) is 6.26 Å². The highest BCUT2D eigenvalue weighted by atomic mass is 16.3. The van der Waals surface area contributed by atoms with Crippen LogP contribution in [0.1, 0.15) is 30.2 Å². The molecule has 0 atom stereocenters. The smallest absolute Gasteiger partial charge is 0.273 e. The summed E-state index contributed by atoms with van der Waals surface area (Å²) in [6.45, 7) is 8.91. The number of nitrogens with one attached hydrogen (secondary N) is 1. The first kappa shape index (κ1) is 8.77. The molecule has 0 saturated heterocycles. The Morgan fingerprint density at radius 3 is 2.83 bits per heavy atom. The lowest BCUT2D eigenvalue weighted by molar-refractivity contribution is 0.0938. The second-order valence-corrected chi connectivity index (χ2v) is 2.70. The molecule has 0 saturated carbocycles. The number of aromatic nitrogens is 1. The topological polar surface area (TPSA) is 55.1 Å². The van der Waals surface area contributed by atoms with E-state index in [1.807, 2.05) is 13.8 Å². The number of carbonyl (C=O) groups is 1. The van der Waals surface area contributed by atoms with E-state index in [4.69, 9.17) is 6.92 Å². The lowest BCUT2D eigenvalue weighted by atomic mass is 10.3. The third-order valence-corrected chi connectivity index (χ3v) is 1.17. The van der Waals surface area contributed by atoms with Crippen LogP contribution in [0.25, 0.3) is 0 Å². The van der Waals surface area contributed by atoms with Gasteiger partial charge in [-0.05, 0) is 13.8 Å². The predicted octanol–water partition coefficient (Wildman–Crippen LogP) is 0.872. The molecule has 64 valence electrons. The molecule has 0 unspecified atom stereocenters. The molecule has 1 aromatic rings. The van der Waals surface area contributed by atoms with Crippen LogP contribution < -0.4 is 5.32 Å². The highest BCUT2D eigenvalue weighted by Crippen LogP contribution is 1.99. The van der Waals surface area contributed by atoms with Gasteiger partial charge >= 0.3 is 0 Å². The van der Waals surface area contributed by atoms with E-state index >= 15 is 0 Å². The van der Waals surface area contributed by atoms with Gasteiger partial charge < -0.3 is 9.73 Å². The summed E-state index contributed by atoms with van der Waals surface area (Å²) in [5.41, 5.74) is 0.209. The largest absolute Gasteiger partial charge is 0.448 e. The van der Waals surface area contributed by atoms with Crippen molar-refractivity contribution >= 4 is 5.91 Å². The standard InChI is InChI=1S/C8H10N2O2/c1-5(2)9-8(11)7-4-12-6(3)10-7/h3-5H,1-2H3,(H,9,11). The van der Waals surface area contributed by atoms with E-state index < -0.39 is 0 Å². The van der Waals surface area contributed by atoms with Crippen LogP contribution in [0.2, 0.25) is 0 Å². The van der Waals surface area contributed by atoms with E-state index in [9.17, 15) is 4.79 Å². The van der Waals surface area contributed by atoms with Gasteiger partial charge in [0.25, 0.3) is 5.91 Å². The summed E-state index contributed by atoms with van der Waals surface area (Å²) in [6.07, 6.45) is 1.23. The third kappa shape index (κ3) is 2.08. The van der Waals surface area contributed by atoms with Gasteiger partial charge in [-0.15, -0.1) is 0 Å². The molecular weight excluding hydrogens is 156 g/mol. The zero-order valence-corrected chi connectivity index (χ0v) is 7.00. The van der Waals surface area contributed by atoms with Gasteiger partial charge in [0.05, 0.1) is 6.92 Å². The van der Waals surface area contributed by atoms with Crippen molar-refractivity contribution in [1.29, 1.82) is 0 Å². The number of oxazole rings is 1. The maximum Gasteiger partial charge on any atom is 0.273 e. The van der Waals surface area contributed by atoms with Crippen molar-refractivity contribution in [2.45, 2.75) is 19.9 Å². The van der Waals surface area contributed by atoms with Gasteiger partial charge in [-0.2, -0.15) is 0 Å². The van der Waals surface area contributed by atoms with E-state index in [0.29, 0.717) is 0 Å². The van der Waals surface area contributed by atoms with E-state index in [-0.39, 0.29) is 23.5 Å². The Bertz CT molecular complexity index is 278. The molecule has 2 radical (unpaired) electrons. The number of nitrogens with zero attached hydrogens (tertiary/aromatic N) is 1. The van der Waals surface area contributed by atoms with Crippen LogP contribution in [0.4, 0.5) is 0 Å². The molecule has 1 N–H and O–H groups in total. The quantitative estimate of drug-likeness (QED) is 0.709. The SMILES string of the molecule is [CH]c1nc(C(=O)NC(C)C)co1. The van der Waals surface area contributed by atoms with Crippen molar-refractivity contribution in [3.8, 4) is 0 Å². The summed E-state index contributed by atoms with van der Waals surface area (Å²) in [4.78, 5) is 14.8. The average Bonchev–Trinajstić information content (AvgIpc) is 2.34. The molecule has 4 nitrogen and oxygen atoms in total. The average molecular weight is 166 g/mol. The Morgan fingerprint density at radius 1 is 1.75 bits per heavy atom. The molecule has 1 heterocycles. The van der Waals surface area contributed by atoms with Crippen molar-refractivity contribution < 1.29 is 9.21 Å². The fourth-order valence-electron chi connectivity index (χ4n) is 0.728. The summed E-state index contributed by atoms with van der Waals surface area (Å²) in [5.74, 6) is -0.269. The molecule has 0 aliphatic heterocycles. The summed E-state index contributed by atoms with van der Waals surface area (Å²) >= 11 is 0. The minimum absolute atomic E-state index is 0.00362. The Balaban J connectivity index is 2.65. The normalized spacial score (nSPS) is 10.3. The lowest BCUT2D eigenvalue weighted by Gasteiger charge is -2.04. The molecule has 0 bridgehead atoms. The number of hydrogen-bond donors (Lipinski definition) is 1. The first-order valence-corrected chi connectivity index (χ1v) is 3.61. The van der Waals surface area contributed by atoms with Gasteiger partial charge in [-0.3, -0.25) is 4.79 Å². The number of rotatable bonds is 2. The van der Waals surface area contributed by atoms with Gasteiger partial charge in [0, 0.05) is 6.04 Å². The molecule has 1 aromatic heterocycles. The lowest BCUT2D eigenvalue weighted by Crippen LogP contribution is -2.30. The Morgan fingerprint density at radius 2 is 2.42 bits per heavy atom. The second kappa shape index (κ2) is 3.38. The minimum atomic E-state index is -0.273. The Kier molecular flexibility index (Phi) is 2.47. The molecule has 0 aliphatic rings. The van der Waals surface area contributed by atoms with E-state index in [1.54, 1.807) is 0 Å². The van der Waals surface area contributed by atoms with Crippen LogP contribution in [0, 0.1) is 6.92 Å². The first-order chi connectivity index (χ1) is 5.59. The molecule has 1 rings (SSSR count). The molecule has 12 heavy (non-hydrogen) atoms. The molecule has 0 fully saturated rings. The third-order valence-electron chi connectivity index (χ3n) is 1.17. The van der Waals surface area contributed by atoms with Crippen LogP contribution in [-0.2, 0) is 0 Å². The Hall–Kier alpha value is -1.32. The summed E-state index contributed by atoms with van der Waals surface area (Å²) in [7, 11) is 0. The van der Waals surface area contributed by atoms with Gasteiger partial charge in [0.2, 0.25) is 0 Å². The predicted molar refractivity (Wildman–Crippen MR) is 42.5 cm³/mol. The zero-order valence-electron chi connectivity index (χ0n) is 7.00. The van der Waals surface area contributed by atoms with Crippen LogP contribution in [0.15, 0.2) is 10.7 Å². The summed E-state index contributed by atoms with van der Waals surface area (Å²) in [5, 5.41) is 2.66. The zero-order chi connectivity index (χ0) is 9.14. The highest BCUT2D eigenvalue weighted by molar-refractivity contribution is 5.92. The summed E-state index contributed by atoms with van der Waals surface area (Å²) < 4.78 is 4.67. The number of hydrogen-bond acceptors (Lipinski definition) is 3. The molecule has 1 amide bonds. The van der Waals surface area contributed by atoms with E-state index in [1.165, 1.54) is 6.26 Å². The van der Waals surface area contributed by atoms with Gasteiger partial charge in [-0.1, -0.05) is 0 Å². The van der Waals surface area contributed by atoms with Crippen LogP contribution in [0.5, 0.6) is 0 Å².